The number of nitro groups is 1. The molecule has 0 amide bonds. The Balaban J connectivity index is 2.04. The highest BCUT2D eigenvalue weighted by Gasteiger charge is 2.21. The van der Waals surface area contributed by atoms with Gasteiger partial charge in [0.25, 0.3) is 5.69 Å². The lowest BCUT2D eigenvalue weighted by atomic mass is 9.98. The van der Waals surface area contributed by atoms with E-state index in [9.17, 15) is 14.9 Å². The van der Waals surface area contributed by atoms with Crippen molar-refractivity contribution in [3.8, 4) is 0 Å². The minimum absolute atomic E-state index is 0.0690. The van der Waals surface area contributed by atoms with Crippen molar-refractivity contribution in [1.29, 1.82) is 0 Å². The van der Waals surface area contributed by atoms with Gasteiger partial charge in [-0.1, -0.05) is 30.3 Å². The zero-order chi connectivity index (χ0) is 19.6. The maximum absolute atomic E-state index is 12.8. The van der Waals surface area contributed by atoms with Gasteiger partial charge < -0.3 is 4.42 Å². The second-order valence-electron chi connectivity index (χ2n) is 6.41. The van der Waals surface area contributed by atoms with E-state index in [4.69, 9.17) is 4.42 Å². The van der Waals surface area contributed by atoms with Gasteiger partial charge in [0.2, 0.25) is 0 Å². The van der Waals surface area contributed by atoms with E-state index >= 15 is 0 Å². The molecule has 0 aliphatic carbocycles. The van der Waals surface area contributed by atoms with Crippen molar-refractivity contribution in [2.45, 2.75) is 20.8 Å². The summed E-state index contributed by atoms with van der Waals surface area (Å²) >= 11 is 0. The molecule has 1 aromatic heterocycles. The molecule has 2 aromatic carbocycles. The van der Waals surface area contributed by atoms with Crippen LogP contribution in [0.15, 0.2) is 59.0 Å². The fraction of sp³-hybridized carbons (Fsp3) is 0.136. The van der Waals surface area contributed by atoms with Crippen LogP contribution >= 0.6 is 0 Å². The summed E-state index contributed by atoms with van der Waals surface area (Å²) in [7, 11) is 0. The Morgan fingerprint density at radius 1 is 1.07 bits per heavy atom. The molecule has 3 aromatic rings. The summed E-state index contributed by atoms with van der Waals surface area (Å²) in [5, 5.41) is 11.4. The summed E-state index contributed by atoms with van der Waals surface area (Å²) in [5.74, 6) is 1.21. The Bertz CT molecular complexity index is 1030. The quantitative estimate of drug-likeness (QED) is 0.337. The first kappa shape index (κ1) is 18.3. The molecule has 0 radical (unpaired) electrons. The first-order chi connectivity index (χ1) is 12.9. The summed E-state index contributed by atoms with van der Waals surface area (Å²) < 4.78 is 5.71. The van der Waals surface area contributed by atoms with Gasteiger partial charge in [0.1, 0.15) is 17.1 Å². The number of allylic oxidation sites excluding steroid dienone is 1. The number of nitrogens with zero attached hydrogens (tertiary/aromatic N) is 1. The first-order valence-corrected chi connectivity index (χ1v) is 8.50. The number of aryl methyl sites for hydroxylation is 2. The van der Waals surface area contributed by atoms with Crippen LogP contribution in [0, 0.1) is 24.0 Å². The molecule has 0 atom stereocenters. The molecular formula is C22H19NO4. The van der Waals surface area contributed by atoms with Crippen LogP contribution in [0.3, 0.4) is 0 Å². The molecule has 136 valence electrons. The molecule has 0 saturated heterocycles. The minimum atomic E-state index is -0.532. The fourth-order valence-electron chi connectivity index (χ4n) is 2.82. The van der Waals surface area contributed by atoms with E-state index in [1.807, 2.05) is 32.9 Å². The molecule has 0 aliphatic rings. The monoisotopic (exact) mass is 361 g/mol. The van der Waals surface area contributed by atoms with Gasteiger partial charge in [0.05, 0.1) is 4.92 Å². The van der Waals surface area contributed by atoms with Gasteiger partial charge in [0.15, 0.2) is 5.78 Å². The molecule has 5 nitrogen and oxygen atoms in total. The Morgan fingerprint density at radius 3 is 2.37 bits per heavy atom. The Kier molecular flexibility index (Phi) is 5.03. The van der Waals surface area contributed by atoms with Gasteiger partial charge in [-0.3, -0.25) is 14.9 Å². The predicted octanol–water partition coefficient (Wildman–Crippen LogP) is 5.60. The summed E-state index contributed by atoms with van der Waals surface area (Å²) in [6.07, 6.45) is 1.85. The molecule has 0 aliphatic heterocycles. The van der Waals surface area contributed by atoms with Crippen LogP contribution in [0.25, 0.3) is 11.6 Å². The Morgan fingerprint density at radius 2 is 1.78 bits per heavy atom. The molecule has 0 bridgehead atoms. The van der Waals surface area contributed by atoms with E-state index in [2.05, 4.69) is 0 Å². The molecule has 27 heavy (non-hydrogen) atoms. The van der Waals surface area contributed by atoms with Crippen molar-refractivity contribution in [2.24, 2.45) is 0 Å². The third kappa shape index (κ3) is 3.87. The third-order valence-corrected chi connectivity index (χ3v) is 4.44. The summed E-state index contributed by atoms with van der Waals surface area (Å²) in [5.41, 5.74) is 2.90. The number of carbonyl (C=O) groups is 1. The number of benzene rings is 2. The highest BCUT2D eigenvalue weighted by atomic mass is 16.6. The standard InChI is InChI=1S/C22H19NO4/c1-14-12-21(27-16(14)3)15(2)11-17-9-10-20(23(25)26)19(13-17)22(24)18-7-5-4-6-8-18/h4-13H,1-3H3/b15-11+. The van der Waals surface area contributed by atoms with Gasteiger partial charge in [-0.2, -0.15) is 0 Å². The molecule has 0 unspecified atom stereocenters. The number of furan rings is 1. The second-order valence-corrected chi connectivity index (χ2v) is 6.41. The largest absolute Gasteiger partial charge is 0.461 e. The van der Waals surface area contributed by atoms with Crippen molar-refractivity contribution < 1.29 is 14.1 Å². The average molecular weight is 361 g/mol. The van der Waals surface area contributed by atoms with Gasteiger partial charge >= 0.3 is 0 Å². The lowest BCUT2D eigenvalue weighted by Crippen LogP contribution is -2.05. The van der Waals surface area contributed by atoms with Crippen molar-refractivity contribution in [3.63, 3.8) is 0 Å². The van der Waals surface area contributed by atoms with E-state index in [1.165, 1.54) is 6.07 Å². The molecule has 0 spiro atoms. The van der Waals surface area contributed by atoms with Crippen LogP contribution in [0.1, 0.15) is 45.5 Å². The van der Waals surface area contributed by atoms with E-state index in [-0.39, 0.29) is 17.0 Å². The number of hydrogen-bond donors (Lipinski definition) is 0. The third-order valence-electron chi connectivity index (χ3n) is 4.44. The van der Waals surface area contributed by atoms with Crippen molar-refractivity contribution >= 4 is 23.1 Å². The normalized spacial score (nSPS) is 11.4. The molecule has 1 heterocycles. The van der Waals surface area contributed by atoms with Gasteiger partial charge in [-0.15, -0.1) is 0 Å². The maximum atomic E-state index is 12.8. The lowest BCUT2D eigenvalue weighted by molar-refractivity contribution is -0.385. The molecular weight excluding hydrogens is 342 g/mol. The van der Waals surface area contributed by atoms with Crippen molar-refractivity contribution in [1.82, 2.24) is 0 Å². The second kappa shape index (κ2) is 7.41. The fourth-order valence-corrected chi connectivity index (χ4v) is 2.82. The molecule has 3 rings (SSSR count). The van der Waals surface area contributed by atoms with Crippen LogP contribution in [-0.2, 0) is 0 Å². The van der Waals surface area contributed by atoms with E-state index in [1.54, 1.807) is 42.5 Å². The molecule has 5 heteroatoms. The van der Waals surface area contributed by atoms with Gasteiger partial charge in [-0.05, 0) is 61.7 Å². The summed E-state index contributed by atoms with van der Waals surface area (Å²) in [6.45, 7) is 5.77. The number of ketones is 1. The van der Waals surface area contributed by atoms with Gasteiger partial charge in [0, 0.05) is 11.6 Å². The van der Waals surface area contributed by atoms with Crippen LogP contribution in [0.5, 0.6) is 0 Å². The highest BCUT2D eigenvalue weighted by Crippen LogP contribution is 2.27. The van der Waals surface area contributed by atoms with E-state index in [0.717, 1.165) is 22.7 Å². The SMILES string of the molecule is C/C(=C\c1ccc([N+](=O)[O-])c(C(=O)c2ccccc2)c1)c1cc(C)c(C)o1. The van der Waals surface area contributed by atoms with E-state index < -0.39 is 4.92 Å². The highest BCUT2D eigenvalue weighted by molar-refractivity contribution is 6.11. The predicted molar refractivity (Wildman–Crippen MR) is 105 cm³/mol. The van der Waals surface area contributed by atoms with Gasteiger partial charge in [-0.25, -0.2) is 0 Å². The van der Waals surface area contributed by atoms with Crippen LogP contribution in [0.2, 0.25) is 0 Å². The summed E-state index contributed by atoms with van der Waals surface area (Å²) in [4.78, 5) is 23.6. The first-order valence-electron chi connectivity index (χ1n) is 8.50. The van der Waals surface area contributed by atoms with Crippen LogP contribution in [0.4, 0.5) is 5.69 Å². The lowest BCUT2D eigenvalue weighted by Gasteiger charge is -2.05. The molecule has 0 fully saturated rings. The zero-order valence-electron chi connectivity index (χ0n) is 15.4. The summed E-state index contributed by atoms with van der Waals surface area (Å²) in [6, 6.07) is 15.1. The number of hydrogen-bond acceptors (Lipinski definition) is 4. The van der Waals surface area contributed by atoms with Crippen molar-refractivity contribution in [2.75, 3.05) is 0 Å². The van der Waals surface area contributed by atoms with Crippen LogP contribution < -0.4 is 0 Å². The topological polar surface area (TPSA) is 73.3 Å². The Hall–Kier alpha value is -3.47. The molecule has 0 saturated carbocycles. The van der Waals surface area contributed by atoms with Crippen LogP contribution in [-0.4, -0.2) is 10.7 Å². The average Bonchev–Trinajstić information content (AvgIpc) is 3.00. The van der Waals surface area contributed by atoms with E-state index in [0.29, 0.717) is 11.1 Å². The number of carbonyl (C=O) groups excluding carboxylic acids is 1. The minimum Gasteiger partial charge on any atom is -0.461 e. The van der Waals surface area contributed by atoms with Crippen molar-refractivity contribution in [3.05, 3.63) is 98.5 Å². The maximum Gasteiger partial charge on any atom is 0.280 e. The molecule has 0 N–H and O–H groups in total. The number of rotatable bonds is 5. The Labute approximate surface area is 157 Å². The zero-order valence-corrected chi connectivity index (χ0v) is 15.4. The number of nitro benzene ring substituents is 1. The smallest absolute Gasteiger partial charge is 0.280 e.